The Morgan fingerprint density at radius 1 is 0.308 bits per heavy atom. The summed E-state index contributed by atoms with van der Waals surface area (Å²) in [5.41, 5.74) is 15.8. The molecule has 0 aromatic heterocycles. The van der Waals surface area contributed by atoms with Gasteiger partial charge in [0.15, 0.2) is 0 Å². The summed E-state index contributed by atoms with van der Waals surface area (Å²) < 4.78 is 0. The van der Waals surface area contributed by atoms with E-state index in [0.29, 0.717) is 0 Å². The van der Waals surface area contributed by atoms with E-state index in [0.717, 1.165) is 5.46 Å². The highest BCUT2D eigenvalue weighted by Gasteiger charge is 2.58. The van der Waals surface area contributed by atoms with Gasteiger partial charge in [-0.1, -0.05) is 145 Å². The van der Waals surface area contributed by atoms with Crippen LogP contribution >= 0.6 is 0 Å². The molecule has 0 amide bonds. The van der Waals surface area contributed by atoms with Crippen molar-refractivity contribution in [2.45, 2.75) is 10.8 Å². The average molecular weight is 490 g/mol. The van der Waals surface area contributed by atoms with Crippen molar-refractivity contribution < 1.29 is 0 Å². The molecule has 39 heavy (non-hydrogen) atoms. The Bertz CT molecular complexity index is 1900. The Hall–Kier alpha value is -4.62. The van der Waals surface area contributed by atoms with Gasteiger partial charge in [0.05, 0.1) is 10.8 Å². The summed E-state index contributed by atoms with van der Waals surface area (Å²) >= 11 is 0. The molecule has 2 radical (unpaired) electrons. The van der Waals surface area contributed by atoms with E-state index in [9.17, 15) is 0 Å². The van der Waals surface area contributed by atoms with Gasteiger partial charge in [0.2, 0.25) is 0 Å². The molecule has 0 unspecified atom stereocenters. The van der Waals surface area contributed by atoms with Gasteiger partial charge >= 0.3 is 0 Å². The molecule has 9 rings (SSSR count). The fourth-order valence-corrected chi connectivity index (χ4v) is 8.26. The molecule has 6 aromatic rings. The molecule has 0 bridgehead atoms. The Morgan fingerprint density at radius 2 is 0.615 bits per heavy atom. The highest BCUT2D eigenvalue weighted by Crippen LogP contribution is 2.67. The maximum atomic E-state index is 6.67. The number of hydrogen-bond acceptors (Lipinski definition) is 0. The van der Waals surface area contributed by atoms with E-state index in [1.807, 2.05) is 0 Å². The normalized spacial score (nSPS) is 15.7. The molecule has 0 fully saturated rings. The lowest BCUT2D eigenvalue weighted by atomic mass is 9.52. The summed E-state index contributed by atoms with van der Waals surface area (Å²) in [6, 6.07) is 51.7. The van der Waals surface area contributed by atoms with Crippen LogP contribution in [0.25, 0.3) is 22.3 Å². The van der Waals surface area contributed by atoms with Crippen LogP contribution in [0.5, 0.6) is 0 Å². The molecular formula is C38H23B. The van der Waals surface area contributed by atoms with E-state index in [-0.39, 0.29) is 0 Å². The van der Waals surface area contributed by atoms with Gasteiger partial charge in [-0.2, -0.15) is 0 Å². The van der Waals surface area contributed by atoms with E-state index in [4.69, 9.17) is 7.85 Å². The zero-order valence-corrected chi connectivity index (χ0v) is 21.4. The lowest BCUT2D eigenvalue weighted by Gasteiger charge is -2.49. The predicted octanol–water partition coefficient (Wildman–Crippen LogP) is 7.52. The third-order valence-electron chi connectivity index (χ3n) is 9.49. The van der Waals surface area contributed by atoms with Gasteiger partial charge in [-0.3, -0.25) is 0 Å². The minimum atomic E-state index is -0.452. The molecule has 0 saturated heterocycles. The van der Waals surface area contributed by atoms with Crippen LogP contribution in [0.2, 0.25) is 0 Å². The van der Waals surface area contributed by atoms with Gasteiger partial charge in [0.25, 0.3) is 0 Å². The molecule has 1 heteroatoms. The van der Waals surface area contributed by atoms with Crippen LogP contribution in [0.1, 0.15) is 44.5 Å². The number of fused-ring (bicyclic) bond motifs is 16. The second kappa shape index (κ2) is 7.27. The van der Waals surface area contributed by atoms with Gasteiger partial charge in [-0.05, 0) is 66.8 Å². The van der Waals surface area contributed by atoms with E-state index in [1.165, 1.54) is 66.8 Å². The topological polar surface area (TPSA) is 0 Å². The molecule has 3 aliphatic rings. The number of hydrogen-bond donors (Lipinski definition) is 0. The second-order valence-corrected chi connectivity index (χ2v) is 11.0. The highest BCUT2D eigenvalue weighted by molar-refractivity contribution is 6.32. The quantitative estimate of drug-likeness (QED) is 0.193. The smallest absolute Gasteiger partial charge is 0.0963 e. The van der Waals surface area contributed by atoms with Gasteiger partial charge < -0.3 is 0 Å². The maximum absolute atomic E-state index is 6.67. The van der Waals surface area contributed by atoms with Crippen LogP contribution in [-0.4, -0.2) is 7.85 Å². The first kappa shape index (κ1) is 21.3. The Kier molecular flexibility index (Phi) is 3.98. The predicted molar refractivity (Wildman–Crippen MR) is 160 cm³/mol. The molecule has 0 atom stereocenters. The lowest BCUT2D eigenvalue weighted by Crippen LogP contribution is -2.44. The highest BCUT2D eigenvalue weighted by atomic mass is 14.6. The Balaban J connectivity index is 1.55. The van der Waals surface area contributed by atoms with Crippen LogP contribution in [0.15, 0.2) is 140 Å². The molecule has 0 heterocycles. The number of benzene rings is 6. The lowest BCUT2D eigenvalue weighted by molar-refractivity contribution is 0.633. The van der Waals surface area contributed by atoms with Crippen molar-refractivity contribution >= 4 is 13.3 Å². The molecule has 0 N–H and O–H groups in total. The molecule has 2 spiro atoms. The largest absolute Gasteiger partial charge is 0.113 e. The fraction of sp³-hybridized carbons (Fsp3) is 0.0526. The third kappa shape index (κ3) is 2.31. The molecular weight excluding hydrogens is 467 g/mol. The third-order valence-corrected chi connectivity index (χ3v) is 9.49. The summed E-state index contributed by atoms with van der Waals surface area (Å²) in [6.07, 6.45) is 0. The van der Waals surface area contributed by atoms with Crippen molar-refractivity contribution in [3.05, 3.63) is 184 Å². The standard InChI is InChI=1S/C38H23B/c39-24-21-22-35-36(23-24)38(31-17-7-3-13-27(31)28-14-4-8-18-32(28)38)34-20-10-9-19-33(34)37(35)29-15-5-1-11-25(29)26-12-2-6-16-30(26)37/h1-23H. The second-order valence-electron chi connectivity index (χ2n) is 11.0. The van der Waals surface area contributed by atoms with Crippen molar-refractivity contribution in [3.63, 3.8) is 0 Å². The van der Waals surface area contributed by atoms with E-state index in [2.05, 4.69) is 140 Å². The van der Waals surface area contributed by atoms with Crippen molar-refractivity contribution in [2.24, 2.45) is 0 Å². The molecule has 0 aliphatic heterocycles. The van der Waals surface area contributed by atoms with Crippen LogP contribution in [0, 0.1) is 0 Å². The monoisotopic (exact) mass is 490 g/mol. The van der Waals surface area contributed by atoms with E-state index in [1.54, 1.807) is 0 Å². The van der Waals surface area contributed by atoms with Crippen molar-refractivity contribution in [2.75, 3.05) is 0 Å². The Labute approximate surface area is 230 Å². The zero-order valence-electron chi connectivity index (χ0n) is 21.4. The summed E-state index contributed by atoms with van der Waals surface area (Å²) in [7, 11) is 6.67. The van der Waals surface area contributed by atoms with E-state index < -0.39 is 10.8 Å². The van der Waals surface area contributed by atoms with Gasteiger partial charge in [0.1, 0.15) is 7.85 Å². The minimum absolute atomic E-state index is 0.426. The van der Waals surface area contributed by atoms with Crippen LogP contribution in [0.4, 0.5) is 0 Å². The average Bonchev–Trinajstić information content (AvgIpc) is 3.46. The van der Waals surface area contributed by atoms with Gasteiger partial charge in [-0.15, -0.1) is 0 Å². The molecule has 3 aliphatic carbocycles. The number of rotatable bonds is 0. The van der Waals surface area contributed by atoms with Crippen molar-refractivity contribution in [1.29, 1.82) is 0 Å². The van der Waals surface area contributed by atoms with Crippen LogP contribution in [0.3, 0.4) is 0 Å². The first-order valence-electron chi connectivity index (χ1n) is 13.7. The summed E-state index contributed by atoms with van der Waals surface area (Å²) in [6.45, 7) is 0. The van der Waals surface area contributed by atoms with Gasteiger partial charge in [0, 0.05) is 0 Å². The molecule has 0 saturated carbocycles. The Morgan fingerprint density at radius 3 is 1.03 bits per heavy atom. The van der Waals surface area contributed by atoms with Crippen molar-refractivity contribution in [1.82, 2.24) is 0 Å². The molecule has 178 valence electrons. The van der Waals surface area contributed by atoms with Crippen LogP contribution < -0.4 is 5.46 Å². The van der Waals surface area contributed by atoms with Crippen LogP contribution in [-0.2, 0) is 10.8 Å². The summed E-state index contributed by atoms with van der Waals surface area (Å²) in [5.74, 6) is 0. The SMILES string of the molecule is [B]c1ccc2c(c1)C1(c3ccccc3-c3ccccc31)c1ccccc1C21c2ccccc2-c2ccccc21. The first-order chi connectivity index (χ1) is 19.3. The zero-order chi connectivity index (χ0) is 25.8. The molecule has 0 nitrogen and oxygen atoms in total. The van der Waals surface area contributed by atoms with Crippen molar-refractivity contribution in [3.8, 4) is 22.3 Å². The summed E-state index contributed by atoms with van der Waals surface area (Å²) in [5, 5.41) is 0. The first-order valence-corrected chi connectivity index (χ1v) is 13.7. The molecule has 6 aromatic carbocycles. The van der Waals surface area contributed by atoms with E-state index >= 15 is 0 Å². The minimum Gasteiger partial charge on any atom is -0.0963 e. The summed E-state index contributed by atoms with van der Waals surface area (Å²) in [4.78, 5) is 0. The van der Waals surface area contributed by atoms with Gasteiger partial charge in [-0.25, -0.2) is 0 Å². The maximum Gasteiger partial charge on any atom is 0.113 e. The fourth-order valence-electron chi connectivity index (χ4n) is 8.26.